The Balaban J connectivity index is 1.82. The topological polar surface area (TPSA) is 63.6 Å². The fourth-order valence-electron chi connectivity index (χ4n) is 4.48. The summed E-state index contributed by atoms with van der Waals surface area (Å²) in [6.07, 6.45) is 4.30. The predicted molar refractivity (Wildman–Crippen MR) is 122 cm³/mol. The number of hydrogen-bond acceptors (Lipinski definition) is 5. The number of hydrogen-bond donors (Lipinski definition) is 1. The van der Waals surface area contributed by atoms with Gasteiger partial charge in [0.2, 0.25) is 0 Å². The summed E-state index contributed by atoms with van der Waals surface area (Å²) in [7, 11) is 0. The first-order chi connectivity index (χ1) is 14.0. The Morgan fingerprint density at radius 1 is 0.967 bits per heavy atom. The number of carbonyl (C=O) groups excluding carboxylic acids is 2. The lowest BCUT2D eigenvalue weighted by molar-refractivity contribution is -0.153. The molecular formula is C25H36O4S. The summed E-state index contributed by atoms with van der Waals surface area (Å²) < 4.78 is 4.85. The van der Waals surface area contributed by atoms with Crippen LogP contribution < -0.4 is 0 Å². The van der Waals surface area contributed by atoms with Crippen molar-refractivity contribution in [1.29, 1.82) is 0 Å². The highest BCUT2D eigenvalue weighted by Crippen LogP contribution is 2.45. The van der Waals surface area contributed by atoms with Crippen molar-refractivity contribution in [1.82, 2.24) is 0 Å². The van der Waals surface area contributed by atoms with Gasteiger partial charge >= 0.3 is 11.9 Å². The molecule has 0 radical (unpaired) electrons. The molecule has 1 saturated heterocycles. The average Bonchev–Trinajstić information content (AvgIpc) is 3.00. The number of esters is 2. The van der Waals surface area contributed by atoms with Gasteiger partial charge in [-0.25, -0.2) is 0 Å². The lowest BCUT2D eigenvalue weighted by Gasteiger charge is -2.32. The van der Waals surface area contributed by atoms with Crippen molar-refractivity contribution in [2.75, 3.05) is 0 Å². The molecule has 166 valence electrons. The molecule has 0 spiro atoms. The Morgan fingerprint density at radius 3 is 2.03 bits per heavy atom. The van der Waals surface area contributed by atoms with Gasteiger partial charge in [-0.2, -0.15) is 11.8 Å². The summed E-state index contributed by atoms with van der Waals surface area (Å²) in [5.41, 5.74) is 3.06. The third-order valence-electron chi connectivity index (χ3n) is 7.49. The minimum absolute atomic E-state index is 0.102. The summed E-state index contributed by atoms with van der Waals surface area (Å²) in [5, 5.41) is 11.5. The van der Waals surface area contributed by atoms with Crippen molar-refractivity contribution in [2.45, 2.75) is 95.5 Å². The van der Waals surface area contributed by atoms with E-state index in [0.717, 1.165) is 49.0 Å². The van der Waals surface area contributed by atoms with Gasteiger partial charge in [0.1, 0.15) is 5.75 Å². The SMILES string of the molecule is CCC(C)(C)c1cc(CSC2CCC3C(=O)OC(=O)C3C2)cc(C(C)(C)CC)c1O. The zero-order valence-corrected chi connectivity index (χ0v) is 20.0. The van der Waals surface area contributed by atoms with Crippen molar-refractivity contribution in [3.05, 3.63) is 28.8 Å². The van der Waals surface area contributed by atoms with Crippen LogP contribution in [-0.2, 0) is 30.9 Å². The third kappa shape index (κ3) is 4.42. The number of thioether (sulfide) groups is 1. The third-order valence-corrected chi connectivity index (χ3v) is 8.89. The van der Waals surface area contributed by atoms with Crippen molar-refractivity contribution in [3.63, 3.8) is 0 Å². The number of cyclic esters (lactones) is 2. The molecule has 1 aromatic carbocycles. The second-order valence-corrected chi connectivity index (χ2v) is 11.5. The largest absolute Gasteiger partial charge is 0.507 e. The highest BCUT2D eigenvalue weighted by Gasteiger charge is 2.47. The zero-order chi connectivity index (χ0) is 22.3. The van der Waals surface area contributed by atoms with Gasteiger partial charge in [0.25, 0.3) is 0 Å². The average molecular weight is 433 g/mol. The Hall–Kier alpha value is -1.49. The summed E-state index contributed by atoms with van der Waals surface area (Å²) in [6, 6.07) is 4.33. The second kappa shape index (κ2) is 8.57. The lowest BCUT2D eigenvalue weighted by Crippen LogP contribution is -2.28. The molecule has 3 unspecified atom stereocenters. The zero-order valence-electron chi connectivity index (χ0n) is 19.2. The van der Waals surface area contributed by atoms with Gasteiger partial charge in [-0.1, -0.05) is 53.7 Å². The normalized spacial score (nSPS) is 24.7. The molecule has 1 aliphatic heterocycles. The molecule has 30 heavy (non-hydrogen) atoms. The summed E-state index contributed by atoms with van der Waals surface area (Å²) in [6.45, 7) is 13.1. The van der Waals surface area contributed by atoms with Crippen LogP contribution in [0.15, 0.2) is 12.1 Å². The summed E-state index contributed by atoms with van der Waals surface area (Å²) >= 11 is 1.86. The quantitative estimate of drug-likeness (QED) is 0.431. The number of rotatable bonds is 7. The fourth-order valence-corrected chi connectivity index (χ4v) is 5.72. The van der Waals surface area contributed by atoms with Crippen LogP contribution in [0.25, 0.3) is 0 Å². The molecule has 0 aromatic heterocycles. The maximum absolute atomic E-state index is 12.0. The lowest BCUT2D eigenvalue weighted by atomic mass is 9.75. The van der Waals surface area contributed by atoms with Crippen molar-refractivity contribution >= 4 is 23.7 Å². The van der Waals surface area contributed by atoms with Gasteiger partial charge < -0.3 is 9.84 Å². The maximum Gasteiger partial charge on any atom is 0.317 e. The molecule has 0 bridgehead atoms. The van der Waals surface area contributed by atoms with E-state index < -0.39 is 0 Å². The number of phenols is 1. The first-order valence-electron chi connectivity index (χ1n) is 11.2. The van der Waals surface area contributed by atoms with E-state index in [-0.39, 0.29) is 34.6 Å². The molecule has 1 aliphatic carbocycles. The standard InChI is InChI=1S/C25H36O4S/c1-7-24(3,4)19-11-15(12-20(21(19)26)25(5,6)8-2)14-30-16-9-10-17-18(13-16)23(28)29-22(17)27/h11-12,16-18,26H,7-10,13-14H2,1-6H3. The van der Waals surface area contributed by atoms with Crippen molar-refractivity contribution in [2.24, 2.45) is 11.8 Å². The van der Waals surface area contributed by atoms with Crippen LogP contribution in [0.1, 0.15) is 90.3 Å². The van der Waals surface area contributed by atoms with E-state index in [0.29, 0.717) is 11.0 Å². The van der Waals surface area contributed by atoms with Gasteiger partial charge in [0.05, 0.1) is 11.8 Å². The number of carbonyl (C=O) groups is 2. The van der Waals surface area contributed by atoms with Crippen LogP contribution in [0.5, 0.6) is 5.75 Å². The van der Waals surface area contributed by atoms with E-state index in [1.54, 1.807) is 0 Å². The highest BCUT2D eigenvalue weighted by molar-refractivity contribution is 7.99. The van der Waals surface area contributed by atoms with E-state index in [2.05, 4.69) is 53.7 Å². The van der Waals surface area contributed by atoms with Crippen LogP contribution in [-0.4, -0.2) is 22.3 Å². The predicted octanol–water partition coefficient (Wildman–Crippen LogP) is 5.87. The van der Waals surface area contributed by atoms with Crippen LogP contribution in [0.4, 0.5) is 0 Å². The molecule has 1 saturated carbocycles. The molecule has 1 N–H and O–H groups in total. The van der Waals surface area contributed by atoms with Gasteiger partial charge in [-0.3, -0.25) is 9.59 Å². The van der Waals surface area contributed by atoms with Gasteiger partial charge in [0.15, 0.2) is 0 Å². The van der Waals surface area contributed by atoms with E-state index in [4.69, 9.17) is 4.74 Å². The molecule has 3 rings (SSSR count). The summed E-state index contributed by atoms with van der Waals surface area (Å²) in [4.78, 5) is 23.8. The first kappa shape index (κ1) is 23.2. The van der Waals surface area contributed by atoms with E-state index in [1.807, 2.05) is 11.8 Å². The molecule has 1 aromatic rings. The Bertz CT molecular complexity index is 789. The van der Waals surface area contributed by atoms with Crippen LogP contribution >= 0.6 is 11.8 Å². The van der Waals surface area contributed by atoms with Crippen molar-refractivity contribution < 1.29 is 19.4 Å². The van der Waals surface area contributed by atoms with Crippen LogP contribution in [0.3, 0.4) is 0 Å². The summed E-state index contributed by atoms with van der Waals surface area (Å²) in [5.74, 6) is 0.133. The smallest absolute Gasteiger partial charge is 0.317 e. The second-order valence-electron chi connectivity index (χ2n) is 10.2. The minimum atomic E-state index is -0.334. The van der Waals surface area contributed by atoms with E-state index in [9.17, 15) is 14.7 Å². The van der Waals surface area contributed by atoms with Crippen LogP contribution in [0.2, 0.25) is 0 Å². The Kier molecular flexibility index (Phi) is 6.62. The molecule has 3 atom stereocenters. The Morgan fingerprint density at radius 2 is 1.50 bits per heavy atom. The molecular weight excluding hydrogens is 396 g/mol. The maximum atomic E-state index is 12.0. The number of ether oxygens (including phenoxy) is 1. The van der Waals surface area contributed by atoms with Gasteiger partial charge in [-0.05, 0) is 48.5 Å². The molecule has 2 aliphatic rings. The molecule has 2 fully saturated rings. The molecule has 5 heteroatoms. The van der Waals surface area contributed by atoms with Crippen molar-refractivity contribution in [3.8, 4) is 5.75 Å². The monoisotopic (exact) mass is 432 g/mol. The molecule has 0 amide bonds. The van der Waals surface area contributed by atoms with Gasteiger partial charge in [-0.15, -0.1) is 0 Å². The molecule has 4 nitrogen and oxygen atoms in total. The first-order valence-corrected chi connectivity index (χ1v) is 12.3. The van der Waals surface area contributed by atoms with E-state index in [1.165, 1.54) is 5.56 Å². The Labute approximate surface area is 185 Å². The van der Waals surface area contributed by atoms with E-state index >= 15 is 0 Å². The minimum Gasteiger partial charge on any atom is -0.507 e. The number of benzene rings is 1. The molecule has 1 heterocycles. The van der Waals surface area contributed by atoms with Crippen LogP contribution in [0, 0.1) is 11.8 Å². The van der Waals surface area contributed by atoms with Gasteiger partial charge in [0, 0.05) is 22.1 Å². The number of aromatic hydroxyl groups is 1. The fraction of sp³-hybridized carbons (Fsp3) is 0.680. The highest BCUT2D eigenvalue weighted by atomic mass is 32.2. The number of phenolic OH excluding ortho intramolecular Hbond substituents is 1. The number of fused-ring (bicyclic) bond motifs is 1.